The van der Waals surface area contributed by atoms with Gasteiger partial charge >= 0.3 is 6.01 Å². The molecule has 0 spiro atoms. The number of rotatable bonds is 3. The van der Waals surface area contributed by atoms with Gasteiger partial charge in [0, 0.05) is 36.2 Å². The second-order valence-corrected chi connectivity index (χ2v) is 4.52. The molecule has 2 heterocycles. The van der Waals surface area contributed by atoms with E-state index in [0.29, 0.717) is 11.3 Å². The standard InChI is InChI=1S/C15H10F2N4O/c1-9-2-3-14(21-20-9)10-7-18-15(19-8-10)22-13-5-11(16)4-12(17)6-13/h2-8H,1H3. The zero-order valence-electron chi connectivity index (χ0n) is 11.5. The van der Waals surface area contributed by atoms with E-state index in [4.69, 9.17) is 4.74 Å². The Morgan fingerprint density at radius 3 is 2.18 bits per heavy atom. The molecule has 0 aliphatic carbocycles. The summed E-state index contributed by atoms with van der Waals surface area (Å²) < 4.78 is 31.4. The van der Waals surface area contributed by atoms with Crippen molar-refractivity contribution in [3.05, 3.63) is 60.1 Å². The molecule has 0 amide bonds. The van der Waals surface area contributed by atoms with Crippen molar-refractivity contribution >= 4 is 0 Å². The van der Waals surface area contributed by atoms with E-state index >= 15 is 0 Å². The van der Waals surface area contributed by atoms with Gasteiger partial charge in [-0.05, 0) is 19.1 Å². The molecule has 2 aromatic heterocycles. The number of hydrogen-bond acceptors (Lipinski definition) is 5. The van der Waals surface area contributed by atoms with Gasteiger partial charge in [0.1, 0.15) is 17.4 Å². The van der Waals surface area contributed by atoms with E-state index in [9.17, 15) is 8.78 Å². The smallest absolute Gasteiger partial charge is 0.321 e. The average Bonchev–Trinajstić information content (AvgIpc) is 2.48. The molecule has 0 bridgehead atoms. The van der Waals surface area contributed by atoms with Crippen molar-refractivity contribution in [2.45, 2.75) is 6.92 Å². The first kappa shape index (κ1) is 14.0. The van der Waals surface area contributed by atoms with Crippen LogP contribution in [0.15, 0.2) is 42.7 Å². The zero-order valence-corrected chi connectivity index (χ0v) is 11.5. The Labute approximate surface area is 124 Å². The number of ether oxygens (including phenoxy) is 1. The van der Waals surface area contributed by atoms with E-state index in [1.807, 2.05) is 13.0 Å². The van der Waals surface area contributed by atoms with Gasteiger partial charge in [0.2, 0.25) is 0 Å². The third-order valence-corrected chi connectivity index (χ3v) is 2.77. The lowest BCUT2D eigenvalue weighted by atomic mass is 10.2. The molecule has 0 atom stereocenters. The minimum Gasteiger partial charge on any atom is -0.424 e. The van der Waals surface area contributed by atoms with Crippen LogP contribution in [0.2, 0.25) is 0 Å². The van der Waals surface area contributed by atoms with Crippen LogP contribution < -0.4 is 4.74 Å². The summed E-state index contributed by atoms with van der Waals surface area (Å²) in [4.78, 5) is 7.97. The molecule has 110 valence electrons. The SMILES string of the molecule is Cc1ccc(-c2cnc(Oc3cc(F)cc(F)c3)nc2)nn1. The van der Waals surface area contributed by atoms with Gasteiger partial charge in [-0.25, -0.2) is 18.7 Å². The molecule has 0 fully saturated rings. The predicted octanol–water partition coefficient (Wildman–Crippen LogP) is 3.31. The third kappa shape index (κ3) is 3.20. The highest BCUT2D eigenvalue weighted by Gasteiger charge is 2.06. The molecular formula is C15H10F2N4O. The number of nitrogens with zero attached hydrogens (tertiary/aromatic N) is 4. The van der Waals surface area contributed by atoms with Gasteiger partial charge in [-0.1, -0.05) is 0 Å². The summed E-state index contributed by atoms with van der Waals surface area (Å²) in [6.45, 7) is 1.84. The maximum Gasteiger partial charge on any atom is 0.321 e. The summed E-state index contributed by atoms with van der Waals surface area (Å²) in [6, 6.07) is 6.45. The van der Waals surface area contributed by atoms with E-state index < -0.39 is 11.6 Å². The van der Waals surface area contributed by atoms with Crippen molar-refractivity contribution < 1.29 is 13.5 Å². The van der Waals surface area contributed by atoms with Gasteiger partial charge in [-0.15, -0.1) is 0 Å². The molecule has 5 nitrogen and oxygen atoms in total. The lowest BCUT2D eigenvalue weighted by molar-refractivity contribution is 0.432. The lowest BCUT2D eigenvalue weighted by Crippen LogP contribution is -1.95. The molecule has 7 heteroatoms. The van der Waals surface area contributed by atoms with Gasteiger partial charge in [-0.2, -0.15) is 10.2 Å². The minimum atomic E-state index is -0.735. The number of aromatic nitrogens is 4. The molecule has 0 unspecified atom stereocenters. The second-order valence-electron chi connectivity index (χ2n) is 4.52. The minimum absolute atomic E-state index is 0.0135. The van der Waals surface area contributed by atoms with Gasteiger partial charge in [0.25, 0.3) is 0 Å². The fourth-order valence-electron chi connectivity index (χ4n) is 1.75. The van der Waals surface area contributed by atoms with Crippen LogP contribution in [-0.4, -0.2) is 20.2 Å². The molecule has 0 N–H and O–H groups in total. The van der Waals surface area contributed by atoms with E-state index in [1.54, 1.807) is 6.07 Å². The Morgan fingerprint density at radius 2 is 1.59 bits per heavy atom. The first-order chi connectivity index (χ1) is 10.6. The first-order valence-electron chi connectivity index (χ1n) is 6.37. The molecular weight excluding hydrogens is 290 g/mol. The number of halogens is 2. The lowest BCUT2D eigenvalue weighted by Gasteiger charge is -2.05. The summed E-state index contributed by atoms with van der Waals surface area (Å²) in [5, 5.41) is 7.96. The molecule has 0 saturated heterocycles. The monoisotopic (exact) mass is 300 g/mol. The largest absolute Gasteiger partial charge is 0.424 e. The van der Waals surface area contributed by atoms with E-state index in [0.717, 1.165) is 23.9 Å². The maximum atomic E-state index is 13.1. The quantitative estimate of drug-likeness (QED) is 0.742. The number of hydrogen-bond donors (Lipinski definition) is 0. The topological polar surface area (TPSA) is 60.8 Å². The molecule has 1 aromatic carbocycles. The van der Waals surface area contributed by atoms with E-state index in [2.05, 4.69) is 20.2 Å². The highest BCUT2D eigenvalue weighted by molar-refractivity contribution is 5.55. The fraction of sp³-hybridized carbons (Fsp3) is 0.0667. The molecule has 0 saturated carbocycles. The summed E-state index contributed by atoms with van der Waals surface area (Å²) in [6.07, 6.45) is 2.99. The van der Waals surface area contributed by atoms with Crippen molar-refractivity contribution in [3.8, 4) is 23.0 Å². The molecule has 0 aliphatic rings. The highest BCUT2D eigenvalue weighted by Crippen LogP contribution is 2.21. The van der Waals surface area contributed by atoms with Gasteiger partial charge in [0.15, 0.2) is 0 Å². The molecule has 3 rings (SSSR count). The predicted molar refractivity (Wildman–Crippen MR) is 74.2 cm³/mol. The van der Waals surface area contributed by atoms with Crippen LogP contribution in [0.4, 0.5) is 8.78 Å². The van der Waals surface area contributed by atoms with Crippen molar-refractivity contribution in [3.63, 3.8) is 0 Å². The van der Waals surface area contributed by atoms with Gasteiger partial charge in [0.05, 0.1) is 11.4 Å². The Hall–Kier alpha value is -2.96. The molecule has 0 aliphatic heterocycles. The Morgan fingerprint density at radius 1 is 0.909 bits per heavy atom. The van der Waals surface area contributed by atoms with Crippen LogP contribution in [0.3, 0.4) is 0 Å². The number of benzene rings is 1. The maximum absolute atomic E-state index is 13.1. The summed E-state index contributed by atoms with van der Waals surface area (Å²) in [5.74, 6) is -1.48. The van der Waals surface area contributed by atoms with Gasteiger partial charge in [-0.3, -0.25) is 0 Å². The average molecular weight is 300 g/mol. The van der Waals surface area contributed by atoms with Crippen LogP contribution in [0.1, 0.15) is 5.69 Å². The molecule has 3 aromatic rings. The summed E-state index contributed by atoms with van der Waals surface area (Å²) in [5.41, 5.74) is 2.08. The van der Waals surface area contributed by atoms with Gasteiger partial charge < -0.3 is 4.74 Å². The van der Waals surface area contributed by atoms with Crippen molar-refractivity contribution in [1.82, 2.24) is 20.2 Å². The van der Waals surface area contributed by atoms with Crippen LogP contribution in [0, 0.1) is 18.6 Å². The first-order valence-corrected chi connectivity index (χ1v) is 6.37. The second kappa shape index (κ2) is 5.80. The Bertz CT molecular complexity index is 771. The zero-order chi connectivity index (χ0) is 15.5. The Balaban J connectivity index is 1.80. The Kier molecular flexibility index (Phi) is 3.69. The number of aryl methyl sites for hydroxylation is 1. The summed E-state index contributed by atoms with van der Waals surface area (Å²) in [7, 11) is 0. The normalized spacial score (nSPS) is 10.5. The van der Waals surface area contributed by atoms with Crippen LogP contribution in [0.25, 0.3) is 11.3 Å². The van der Waals surface area contributed by atoms with Crippen molar-refractivity contribution in [2.24, 2.45) is 0 Å². The van der Waals surface area contributed by atoms with Crippen LogP contribution in [-0.2, 0) is 0 Å². The van der Waals surface area contributed by atoms with E-state index in [1.165, 1.54) is 12.4 Å². The third-order valence-electron chi connectivity index (χ3n) is 2.77. The van der Waals surface area contributed by atoms with Crippen LogP contribution in [0.5, 0.6) is 11.8 Å². The highest BCUT2D eigenvalue weighted by atomic mass is 19.1. The fourth-order valence-corrected chi connectivity index (χ4v) is 1.75. The van der Waals surface area contributed by atoms with E-state index in [-0.39, 0.29) is 11.8 Å². The molecule has 22 heavy (non-hydrogen) atoms. The van der Waals surface area contributed by atoms with Crippen molar-refractivity contribution in [2.75, 3.05) is 0 Å². The molecule has 0 radical (unpaired) electrons. The van der Waals surface area contributed by atoms with Crippen LogP contribution >= 0.6 is 0 Å². The van der Waals surface area contributed by atoms with Crippen molar-refractivity contribution in [1.29, 1.82) is 0 Å². The summed E-state index contributed by atoms with van der Waals surface area (Å²) >= 11 is 0.